The van der Waals surface area contributed by atoms with Crippen LogP contribution < -0.4 is 4.74 Å². The summed E-state index contributed by atoms with van der Waals surface area (Å²) < 4.78 is 16.0. The van der Waals surface area contributed by atoms with E-state index in [4.69, 9.17) is 24.0 Å². The van der Waals surface area contributed by atoms with Crippen LogP contribution in [0.1, 0.15) is 67.5 Å². The minimum absolute atomic E-state index is 0.330. The lowest BCUT2D eigenvalue weighted by atomic mass is 9.99. The molecule has 1 aromatic carbocycles. The number of piperidine rings is 1. The molecule has 0 radical (unpaired) electrons. The SMILES string of the molecule is CCOC(=O)c1ccc(OCc2csc(C3CCN(OC(=O)OC(C)(C)C)CC3)n2)cc1. The summed E-state index contributed by atoms with van der Waals surface area (Å²) in [5, 5.41) is 4.73. The lowest BCUT2D eigenvalue weighted by Gasteiger charge is -2.30. The normalized spacial score (nSPS) is 15.2. The van der Waals surface area contributed by atoms with Crippen molar-refractivity contribution in [3.63, 3.8) is 0 Å². The van der Waals surface area contributed by atoms with Crippen molar-refractivity contribution in [1.29, 1.82) is 0 Å². The van der Waals surface area contributed by atoms with Crippen LogP contribution in [0.2, 0.25) is 0 Å². The number of benzene rings is 1. The molecule has 32 heavy (non-hydrogen) atoms. The first-order valence-corrected chi connectivity index (χ1v) is 11.6. The highest BCUT2D eigenvalue weighted by Gasteiger charge is 2.27. The Balaban J connectivity index is 1.44. The summed E-state index contributed by atoms with van der Waals surface area (Å²) in [5.74, 6) is 0.655. The number of hydrogen-bond acceptors (Lipinski definition) is 9. The zero-order valence-electron chi connectivity index (χ0n) is 19.0. The van der Waals surface area contributed by atoms with Gasteiger partial charge in [-0.2, -0.15) is 0 Å². The number of aromatic nitrogens is 1. The number of esters is 1. The quantitative estimate of drug-likeness (QED) is 0.535. The second-order valence-electron chi connectivity index (χ2n) is 8.47. The summed E-state index contributed by atoms with van der Waals surface area (Å²) in [5.41, 5.74) is 0.793. The second-order valence-corrected chi connectivity index (χ2v) is 9.36. The van der Waals surface area contributed by atoms with Crippen molar-refractivity contribution in [2.75, 3.05) is 19.7 Å². The van der Waals surface area contributed by atoms with E-state index < -0.39 is 11.8 Å². The molecule has 174 valence electrons. The van der Waals surface area contributed by atoms with E-state index >= 15 is 0 Å². The van der Waals surface area contributed by atoms with Gasteiger partial charge < -0.3 is 19.0 Å². The van der Waals surface area contributed by atoms with E-state index in [0.717, 1.165) is 23.5 Å². The van der Waals surface area contributed by atoms with Crippen molar-refractivity contribution in [1.82, 2.24) is 10.0 Å². The summed E-state index contributed by atoms with van der Waals surface area (Å²) in [6.07, 6.45) is 1.04. The van der Waals surface area contributed by atoms with Crippen LogP contribution in [0.25, 0.3) is 0 Å². The fraction of sp³-hybridized carbons (Fsp3) is 0.522. The largest absolute Gasteiger partial charge is 0.528 e. The van der Waals surface area contributed by atoms with Crippen molar-refractivity contribution in [2.45, 2.75) is 58.7 Å². The van der Waals surface area contributed by atoms with Gasteiger partial charge in [0.25, 0.3) is 0 Å². The summed E-state index contributed by atoms with van der Waals surface area (Å²) >= 11 is 1.62. The van der Waals surface area contributed by atoms with Crippen LogP contribution in [-0.4, -0.2) is 47.5 Å². The molecule has 1 saturated heterocycles. The van der Waals surface area contributed by atoms with Gasteiger partial charge in [0.2, 0.25) is 0 Å². The molecule has 0 unspecified atom stereocenters. The molecule has 0 N–H and O–H groups in total. The molecular weight excluding hydrogens is 432 g/mol. The highest BCUT2D eigenvalue weighted by molar-refractivity contribution is 7.09. The third-order valence-electron chi connectivity index (χ3n) is 4.72. The molecular formula is C23H30N2O6S. The van der Waals surface area contributed by atoms with Gasteiger partial charge in [0.15, 0.2) is 0 Å². The third-order valence-corrected chi connectivity index (χ3v) is 5.77. The maximum atomic E-state index is 11.8. The number of carbonyl (C=O) groups excluding carboxylic acids is 2. The molecule has 8 nitrogen and oxygen atoms in total. The minimum atomic E-state index is -0.667. The Hall–Kier alpha value is -2.65. The smallest absolute Gasteiger partial charge is 0.487 e. The first-order valence-electron chi connectivity index (χ1n) is 10.7. The number of carbonyl (C=O) groups is 2. The second kappa shape index (κ2) is 10.8. The summed E-state index contributed by atoms with van der Waals surface area (Å²) in [4.78, 5) is 33.5. The highest BCUT2D eigenvalue weighted by Crippen LogP contribution is 2.31. The van der Waals surface area contributed by atoms with Crippen LogP contribution in [0.4, 0.5) is 4.79 Å². The molecule has 0 saturated carbocycles. The van der Waals surface area contributed by atoms with E-state index in [1.807, 2.05) is 26.2 Å². The maximum absolute atomic E-state index is 11.8. The molecule has 0 bridgehead atoms. The van der Waals surface area contributed by atoms with Gasteiger partial charge in [-0.1, -0.05) is 0 Å². The molecule has 1 aromatic heterocycles. The van der Waals surface area contributed by atoms with Gasteiger partial charge >= 0.3 is 12.1 Å². The number of nitrogens with zero attached hydrogens (tertiary/aromatic N) is 2. The Morgan fingerprint density at radius 1 is 1.16 bits per heavy atom. The lowest BCUT2D eigenvalue weighted by molar-refractivity contribution is -0.152. The van der Waals surface area contributed by atoms with Crippen LogP contribution in [-0.2, 0) is 20.9 Å². The van der Waals surface area contributed by atoms with E-state index in [1.165, 1.54) is 0 Å². The van der Waals surface area contributed by atoms with E-state index in [-0.39, 0.29) is 5.97 Å². The topological polar surface area (TPSA) is 87.2 Å². The first-order chi connectivity index (χ1) is 15.2. The molecule has 2 heterocycles. The summed E-state index contributed by atoms with van der Waals surface area (Å²) in [6.45, 7) is 9.19. The molecule has 1 aliphatic heterocycles. The van der Waals surface area contributed by atoms with Gasteiger partial charge in [-0.25, -0.2) is 14.6 Å². The standard InChI is InChI=1S/C23H30N2O6S/c1-5-28-21(26)17-6-8-19(9-7-17)29-14-18-15-32-20(24-18)16-10-12-25(13-11-16)31-22(27)30-23(2,3)4/h6-9,15-16H,5,10-14H2,1-4H3. The summed E-state index contributed by atoms with van der Waals surface area (Å²) in [7, 11) is 0. The Labute approximate surface area is 192 Å². The average Bonchev–Trinajstić information content (AvgIpc) is 3.21. The van der Waals surface area contributed by atoms with Gasteiger partial charge in [0.1, 0.15) is 18.0 Å². The highest BCUT2D eigenvalue weighted by atomic mass is 32.1. The van der Waals surface area contributed by atoms with Crippen LogP contribution in [0.3, 0.4) is 0 Å². The van der Waals surface area contributed by atoms with Crippen LogP contribution in [0.15, 0.2) is 29.6 Å². The maximum Gasteiger partial charge on any atom is 0.528 e. The predicted molar refractivity (Wildman–Crippen MR) is 120 cm³/mol. The van der Waals surface area contributed by atoms with Gasteiger partial charge in [-0.15, -0.1) is 16.4 Å². The van der Waals surface area contributed by atoms with Gasteiger partial charge in [-0.3, -0.25) is 0 Å². The predicted octanol–water partition coefficient (Wildman–Crippen LogP) is 4.94. The van der Waals surface area contributed by atoms with E-state index in [2.05, 4.69) is 0 Å². The minimum Gasteiger partial charge on any atom is -0.487 e. The van der Waals surface area contributed by atoms with Gasteiger partial charge in [0, 0.05) is 24.4 Å². The van der Waals surface area contributed by atoms with E-state index in [0.29, 0.717) is 43.5 Å². The fourth-order valence-electron chi connectivity index (χ4n) is 3.20. The zero-order chi connectivity index (χ0) is 23.1. The molecule has 2 aromatic rings. The summed E-state index contributed by atoms with van der Waals surface area (Å²) in [6, 6.07) is 6.87. The monoisotopic (exact) mass is 462 g/mol. The van der Waals surface area contributed by atoms with Gasteiger partial charge in [-0.05, 0) is 64.8 Å². The number of hydrogen-bond donors (Lipinski definition) is 0. The Bertz CT molecular complexity index is 898. The molecule has 1 aliphatic rings. The van der Waals surface area contributed by atoms with E-state index in [1.54, 1.807) is 47.6 Å². The van der Waals surface area contributed by atoms with Gasteiger partial charge in [0.05, 0.1) is 22.9 Å². The number of thiazole rings is 1. The van der Waals surface area contributed by atoms with Crippen molar-refractivity contribution < 1.29 is 28.6 Å². The van der Waals surface area contributed by atoms with Crippen molar-refractivity contribution in [3.05, 3.63) is 45.9 Å². The molecule has 0 aliphatic carbocycles. The Morgan fingerprint density at radius 3 is 2.47 bits per heavy atom. The van der Waals surface area contributed by atoms with Crippen LogP contribution in [0.5, 0.6) is 5.75 Å². The van der Waals surface area contributed by atoms with Crippen molar-refractivity contribution >= 4 is 23.5 Å². The molecule has 3 rings (SSSR count). The third kappa shape index (κ3) is 7.20. The van der Waals surface area contributed by atoms with Crippen LogP contribution >= 0.6 is 11.3 Å². The Morgan fingerprint density at radius 2 is 1.84 bits per heavy atom. The number of rotatable bonds is 7. The number of hydroxylamine groups is 2. The molecule has 9 heteroatoms. The lowest BCUT2D eigenvalue weighted by Crippen LogP contribution is -2.37. The average molecular weight is 463 g/mol. The van der Waals surface area contributed by atoms with Crippen molar-refractivity contribution in [3.8, 4) is 5.75 Å². The fourth-order valence-corrected chi connectivity index (χ4v) is 4.18. The van der Waals surface area contributed by atoms with Crippen molar-refractivity contribution in [2.24, 2.45) is 0 Å². The zero-order valence-corrected chi connectivity index (χ0v) is 19.8. The molecule has 0 amide bonds. The van der Waals surface area contributed by atoms with Crippen LogP contribution in [0, 0.1) is 0 Å². The molecule has 0 spiro atoms. The molecule has 1 fully saturated rings. The van der Waals surface area contributed by atoms with E-state index in [9.17, 15) is 9.59 Å². The number of ether oxygens (including phenoxy) is 3. The first kappa shape index (κ1) is 24.0. The Kier molecular flexibility index (Phi) is 8.09. The molecule has 0 atom stereocenters.